The first-order chi connectivity index (χ1) is 13.3. The Kier molecular flexibility index (Phi) is 4.30. The molecular weight excluding hydrogens is 354 g/mol. The van der Waals surface area contributed by atoms with Gasteiger partial charge in [-0.15, -0.1) is 11.3 Å². The van der Waals surface area contributed by atoms with Gasteiger partial charge < -0.3 is 15.5 Å². The van der Waals surface area contributed by atoms with Crippen LogP contribution in [-0.2, 0) is 0 Å². The Labute approximate surface area is 163 Å². The van der Waals surface area contributed by atoms with Crippen molar-refractivity contribution >= 4 is 22.3 Å². The Hall–Kier alpha value is -2.44. The van der Waals surface area contributed by atoms with Gasteiger partial charge in [0.2, 0.25) is 0 Å². The highest BCUT2D eigenvalue weighted by Crippen LogP contribution is 2.34. The normalized spacial score (nSPS) is 22.2. The Morgan fingerprint density at radius 1 is 1.26 bits per heavy atom. The minimum Gasteiger partial charge on any atom is -0.364 e. The van der Waals surface area contributed by atoms with Crippen molar-refractivity contribution in [2.75, 3.05) is 23.3 Å². The molecule has 2 aromatic heterocycles. The van der Waals surface area contributed by atoms with Gasteiger partial charge >= 0.3 is 0 Å². The lowest BCUT2D eigenvalue weighted by molar-refractivity contribution is 0.579. The number of benzene rings is 1. The van der Waals surface area contributed by atoms with Gasteiger partial charge in [0.25, 0.3) is 0 Å². The fraction of sp³-hybridized carbons (Fsp3) is 0.333. The molecule has 2 saturated heterocycles. The van der Waals surface area contributed by atoms with Crippen molar-refractivity contribution in [3.05, 3.63) is 59.6 Å². The summed E-state index contributed by atoms with van der Waals surface area (Å²) >= 11 is 1.74. The summed E-state index contributed by atoms with van der Waals surface area (Å²) < 4.78 is 0. The molecule has 0 saturated carbocycles. The predicted octanol–water partition coefficient (Wildman–Crippen LogP) is 3.93. The molecule has 5 rings (SSSR count). The largest absolute Gasteiger partial charge is 0.364 e. The molecule has 0 spiro atoms. The molecule has 3 atom stereocenters. The minimum absolute atomic E-state index is 0.201. The fourth-order valence-corrected chi connectivity index (χ4v) is 4.96. The maximum atomic E-state index is 4.92. The first-order valence-corrected chi connectivity index (χ1v) is 10.4. The molecule has 3 aromatic rings. The van der Waals surface area contributed by atoms with Crippen molar-refractivity contribution in [1.29, 1.82) is 0 Å². The Morgan fingerprint density at radius 2 is 2.15 bits per heavy atom. The highest BCUT2D eigenvalue weighted by atomic mass is 32.1. The molecule has 2 aliphatic heterocycles. The topological polar surface area (TPSA) is 53.1 Å². The SMILES string of the molecule is CC(Nc1cc(-c2csc(N3C[C@@H]4C[C@H]3CN4)n2)ccn1)c1ccccc1. The zero-order chi connectivity index (χ0) is 18.2. The average molecular weight is 378 g/mol. The monoisotopic (exact) mass is 377 g/mol. The first kappa shape index (κ1) is 16.7. The highest BCUT2D eigenvalue weighted by molar-refractivity contribution is 7.14. The van der Waals surface area contributed by atoms with Crippen molar-refractivity contribution in [2.45, 2.75) is 31.5 Å². The molecule has 4 heterocycles. The number of hydrogen-bond donors (Lipinski definition) is 2. The van der Waals surface area contributed by atoms with E-state index in [2.05, 4.69) is 63.2 Å². The van der Waals surface area contributed by atoms with E-state index < -0.39 is 0 Å². The number of thiazole rings is 1. The number of rotatable bonds is 5. The van der Waals surface area contributed by atoms with E-state index in [0.29, 0.717) is 12.1 Å². The van der Waals surface area contributed by atoms with Crippen LogP contribution in [0.25, 0.3) is 11.3 Å². The highest BCUT2D eigenvalue weighted by Gasteiger charge is 2.38. The quantitative estimate of drug-likeness (QED) is 0.706. The zero-order valence-corrected chi connectivity index (χ0v) is 16.1. The molecule has 2 N–H and O–H groups in total. The van der Waals surface area contributed by atoms with Crippen LogP contribution in [0.1, 0.15) is 24.9 Å². The second-order valence-electron chi connectivity index (χ2n) is 7.37. The van der Waals surface area contributed by atoms with E-state index in [4.69, 9.17) is 4.98 Å². The lowest BCUT2D eigenvalue weighted by Crippen LogP contribution is -2.43. The van der Waals surface area contributed by atoms with Crippen LogP contribution in [0.15, 0.2) is 54.0 Å². The number of anilines is 2. The van der Waals surface area contributed by atoms with Crippen molar-refractivity contribution in [3.8, 4) is 11.3 Å². The Bertz CT molecular complexity index is 925. The van der Waals surface area contributed by atoms with E-state index in [-0.39, 0.29) is 6.04 Å². The van der Waals surface area contributed by atoms with Gasteiger partial charge in [-0.1, -0.05) is 30.3 Å². The lowest BCUT2D eigenvalue weighted by Gasteiger charge is -2.26. The van der Waals surface area contributed by atoms with Crippen molar-refractivity contribution in [1.82, 2.24) is 15.3 Å². The molecule has 2 bridgehead atoms. The third kappa shape index (κ3) is 3.31. The molecule has 0 radical (unpaired) electrons. The summed E-state index contributed by atoms with van der Waals surface area (Å²) in [5.41, 5.74) is 3.39. The molecule has 0 amide bonds. The van der Waals surface area contributed by atoms with Crippen molar-refractivity contribution in [2.24, 2.45) is 0 Å². The number of pyridine rings is 1. The van der Waals surface area contributed by atoms with E-state index >= 15 is 0 Å². The van der Waals surface area contributed by atoms with Gasteiger partial charge in [0.05, 0.1) is 5.69 Å². The Morgan fingerprint density at radius 3 is 2.93 bits per heavy atom. The summed E-state index contributed by atoms with van der Waals surface area (Å²) in [6.07, 6.45) is 3.10. The van der Waals surface area contributed by atoms with Gasteiger partial charge in [0.15, 0.2) is 5.13 Å². The summed E-state index contributed by atoms with van der Waals surface area (Å²) in [7, 11) is 0. The average Bonchev–Trinajstić information content (AvgIpc) is 3.45. The van der Waals surface area contributed by atoms with Crippen LogP contribution in [0.3, 0.4) is 0 Å². The van der Waals surface area contributed by atoms with Crippen LogP contribution in [0, 0.1) is 0 Å². The number of piperazine rings is 1. The molecule has 5 nitrogen and oxygen atoms in total. The van der Waals surface area contributed by atoms with Gasteiger partial charge in [-0.3, -0.25) is 0 Å². The number of fused-ring (bicyclic) bond motifs is 2. The number of nitrogens with one attached hydrogen (secondary N) is 2. The van der Waals surface area contributed by atoms with Gasteiger partial charge in [0, 0.05) is 48.4 Å². The van der Waals surface area contributed by atoms with Gasteiger partial charge in [0.1, 0.15) is 5.82 Å². The number of nitrogens with zero attached hydrogens (tertiary/aromatic N) is 3. The molecule has 138 valence electrons. The minimum atomic E-state index is 0.201. The second-order valence-corrected chi connectivity index (χ2v) is 8.21. The number of aromatic nitrogens is 2. The molecule has 2 aliphatic rings. The van der Waals surface area contributed by atoms with Crippen LogP contribution >= 0.6 is 11.3 Å². The molecular formula is C21H23N5S. The lowest BCUT2D eigenvalue weighted by atomic mass is 10.1. The zero-order valence-electron chi connectivity index (χ0n) is 15.3. The van der Waals surface area contributed by atoms with Crippen LogP contribution in [-0.4, -0.2) is 35.1 Å². The summed E-state index contributed by atoms with van der Waals surface area (Å²) in [4.78, 5) is 11.9. The van der Waals surface area contributed by atoms with Gasteiger partial charge in [-0.2, -0.15) is 0 Å². The van der Waals surface area contributed by atoms with Crippen molar-refractivity contribution in [3.63, 3.8) is 0 Å². The Balaban J connectivity index is 1.33. The summed E-state index contributed by atoms with van der Waals surface area (Å²) in [6.45, 7) is 4.32. The van der Waals surface area contributed by atoms with Crippen LogP contribution in [0.2, 0.25) is 0 Å². The van der Waals surface area contributed by atoms with E-state index in [9.17, 15) is 0 Å². The van der Waals surface area contributed by atoms with E-state index in [1.54, 1.807) is 11.3 Å². The molecule has 2 fully saturated rings. The van der Waals surface area contributed by atoms with Gasteiger partial charge in [-0.25, -0.2) is 9.97 Å². The standard InChI is InChI=1S/C21H23N5S/c1-14(15-5-3-2-4-6-15)24-20-9-16(7-8-22-20)19-13-27-21(25-19)26-12-17-10-18(26)11-23-17/h2-9,13-14,17-18,23H,10-12H2,1H3,(H,22,24)/t14?,17-,18-/m0/s1. The third-order valence-corrected chi connectivity index (χ3v) is 6.39. The van der Waals surface area contributed by atoms with Crippen LogP contribution in [0.5, 0.6) is 0 Å². The molecule has 0 aliphatic carbocycles. The summed E-state index contributed by atoms with van der Waals surface area (Å²) in [5, 5.41) is 10.4. The maximum Gasteiger partial charge on any atom is 0.186 e. The summed E-state index contributed by atoms with van der Waals surface area (Å²) in [6, 6.07) is 16.0. The summed E-state index contributed by atoms with van der Waals surface area (Å²) in [5.74, 6) is 0.878. The number of hydrogen-bond acceptors (Lipinski definition) is 6. The van der Waals surface area contributed by atoms with Gasteiger partial charge in [-0.05, 0) is 31.0 Å². The predicted molar refractivity (Wildman–Crippen MR) is 111 cm³/mol. The molecule has 1 aromatic carbocycles. The van der Waals surface area contributed by atoms with E-state index in [1.807, 2.05) is 18.3 Å². The maximum absolute atomic E-state index is 4.92. The van der Waals surface area contributed by atoms with E-state index in [1.165, 1.54) is 12.0 Å². The van der Waals surface area contributed by atoms with Crippen LogP contribution in [0.4, 0.5) is 10.9 Å². The van der Waals surface area contributed by atoms with Crippen LogP contribution < -0.4 is 15.5 Å². The molecule has 27 heavy (non-hydrogen) atoms. The van der Waals surface area contributed by atoms with Crippen molar-refractivity contribution < 1.29 is 0 Å². The fourth-order valence-electron chi connectivity index (χ4n) is 4.04. The van der Waals surface area contributed by atoms with E-state index in [0.717, 1.165) is 35.3 Å². The smallest absolute Gasteiger partial charge is 0.186 e. The first-order valence-electron chi connectivity index (χ1n) is 9.50. The molecule has 6 heteroatoms. The molecule has 1 unspecified atom stereocenters. The third-order valence-electron chi connectivity index (χ3n) is 5.51. The second kappa shape index (κ2) is 6.94.